The van der Waals surface area contributed by atoms with Gasteiger partial charge in [-0.05, 0) is 51.8 Å². The van der Waals surface area contributed by atoms with Gasteiger partial charge >= 0.3 is 6.18 Å². The third-order valence-corrected chi connectivity index (χ3v) is 4.54. The predicted octanol–water partition coefficient (Wildman–Crippen LogP) is 2.87. The molecule has 0 aromatic carbocycles. The minimum atomic E-state index is -4.42. The van der Waals surface area contributed by atoms with Crippen molar-refractivity contribution in [1.29, 1.82) is 0 Å². The summed E-state index contributed by atoms with van der Waals surface area (Å²) in [6.07, 6.45) is 0.0416. The van der Waals surface area contributed by atoms with Crippen molar-refractivity contribution < 1.29 is 13.2 Å². The molecule has 2 aliphatic heterocycles. The van der Waals surface area contributed by atoms with Crippen LogP contribution in [0.1, 0.15) is 37.1 Å². The van der Waals surface area contributed by atoms with Crippen molar-refractivity contribution in [3.8, 4) is 0 Å². The average Bonchev–Trinajstić information content (AvgIpc) is 3.00. The van der Waals surface area contributed by atoms with Crippen molar-refractivity contribution in [2.75, 3.05) is 31.1 Å². The van der Waals surface area contributed by atoms with E-state index in [9.17, 15) is 13.2 Å². The van der Waals surface area contributed by atoms with Crippen molar-refractivity contribution in [2.24, 2.45) is 0 Å². The van der Waals surface area contributed by atoms with E-state index < -0.39 is 11.9 Å². The molecule has 7 heteroatoms. The molecule has 0 aliphatic carbocycles. The number of anilines is 1. The van der Waals surface area contributed by atoms with Crippen molar-refractivity contribution in [1.82, 2.24) is 14.9 Å². The van der Waals surface area contributed by atoms with Crippen LogP contribution in [0.4, 0.5) is 19.1 Å². The monoisotopic (exact) mass is 314 g/mol. The molecule has 2 saturated heterocycles. The molecule has 0 bridgehead atoms. The summed E-state index contributed by atoms with van der Waals surface area (Å²) < 4.78 is 38.6. The van der Waals surface area contributed by atoms with Crippen molar-refractivity contribution in [3.63, 3.8) is 0 Å². The fourth-order valence-corrected chi connectivity index (χ4v) is 3.38. The van der Waals surface area contributed by atoms with Crippen LogP contribution in [0.3, 0.4) is 0 Å². The lowest BCUT2D eigenvalue weighted by atomic mass is 10.0. The van der Waals surface area contributed by atoms with Crippen LogP contribution < -0.4 is 4.90 Å². The lowest BCUT2D eigenvalue weighted by Gasteiger charge is -2.36. The predicted molar refractivity (Wildman–Crippen MR) is 77.8 cm³/mol. The van der Waals surface area contributed by atoms with Gasteiger partial charge in [0.2, 0.25) is 5.95 Å². The maximum Gasteiger partial charge on any atom is 0.433 e. The molecule has 0 N–H and O–H groups in total. The largest absolute Gasteiger partial charge is 0.433 e. The molecule has 4 nitrogen and oxygen atoms in total. The highest BCUT2D eigenvalue weighted by Gasteiger charge is 2.34. The number of aryl methyl sites for hydroxylation is 1. The van der Waals surface area contributed by atoms with E-state index in [1.54, 1.807) is 6.92 Å². The molecule has 2 aliphatic rings. The van der Waals surface area contributed by atoms with E-state index in [0.29, 0.717) is 11.7 Å². The normalized spacial score (nSPS) is 21.5. The zero-order valence-corrected chi connectivity index (χ0v) is 12.7. The number of nitrogens with zero attached hydrogens (tertiary/aromatic N) is 4. The molecule has 1 aromatic heterocycles. The number of piperidine rings is 1. The Hall–Kier alpha value is -1.37. The maximum absolute atomic E-state index is 12.9. The zero-order chi connectivity index (χ0) is 15.7. The van der Waals surface area contributed by atoms with E-state index in [1.165, 1.54) is 12.8 Å². The average molecular weight is 314 g/mol. The first-order chi connectivity index (χ1) is 10.4. The summed E-state index contributed by atoms with van der Waals surface area (Å²) in [7, 11) is 0. The Bertz CT molecular complexity index is 518. The van der Waals surface area contributed by atoms with Gasteiger partial charge in [-0.15, -0.1) is 0 Å². The van der Waals surface area contributed by atoms with Crippen LogP contribution in [0.5, 0.6) is 0 Å². The van der Waals surface area contributed by atoms with Gasteiger partial charge in [-0.3, -0.25) is 0 Å². The molecule has 2 fully saturated rings. The highest BCUT2D eigenvalue weighted by Crippen LogP contribution is 2.30. The third-order valence-electron chi connectivity index (χ3n) is 4.54. The molecule has 3 heterocycles. The number of rotatable bonds is 2. The number of hydrogen-bond acceptors (Lipinski definition) is 4. The van der Waals surface area contributed by atoms with Gasteiger partial charge in [-0.25, -0.2) is 9.97 Å². The molecule has 0 unspecified atom stereocenters. The van der Waals surface area contributed by atoms with Crippen LogP contribution >= 0.6 is 0 Å². The van der Waals surface area contributed by atoms with Gasteiger partial charge in [-0.1, -0.05) is 0 Å². The van der Waals surface area contributed by atoms with Crippen LogP contribution in [-0.4, -0.2) is 47.1 Å². The van der Waals surface area contributed by atoms with E-state index in [2.05, 4.69) is 14.9 Å². The summed E-state index contributed by atoms with van der Waals surface area (Å²) in [5.41, 5.74) is -0.490. The van der Waals surface area contributed by atoms with Gasteiger partial charge in [0, 0.05) is 24.8 Å². The van der Waals surface area contributed by atoms with E-state index in [1.807, 2.05) is 4.90 Å². The third kappa shape index (κ3) is 3.34. The summed E-state index contributed by atoms with van der Waals surface area (Å²) in [6, 6.07) is 1.56. The minimum Gasteiger partial charge on any atom is -0.341 e. The second-order valence-corrected chi connectivity index (χ2v) is 6.15. The highest BCUT2D eigenvalue weighted by molar-refractivity contribution is 5.33. The maximum atomic E-state index is 12.9. The number of alkyl halides is 3. The van der Waals surface area contributed by atoms with E-state index in [-0.39, 0.29) is 5.95 Å². The summed E-state index contributed by atoms with van der Waals surface area (Å²) in [5.74, 6) is 0.215. The molecule has 0 saturated carbocycles. The summed E-state index contributed by atoms with van der Waals surface area (Å²) in [4.78, 5) is 12.3. The first-order valence-corrected chi connectivity index (χ1v) is 7.85. The Labute approximate surface area is 128 Å². The van der Waals surface area contributed by atoms with Crippen molar-refractivity contribution in [2.45, 2.75) is 44.8 Å². The van der Waals surface area contributed by atoms with Crippen LogP contribution in [0.2, 0.25) is 0 Å². The second-order valence-electron chi connectivity index (χ2n) is 6.15. The van der Waals surface area contributed by atoms with E-state index in [0.717, 1.165) is 45.1 Å². The topological polar surface area (TPSA) is 32.3 Å². The molecule has 0 atom stereocenters. The molecule has 22 heavy (non-hydrogen) atoms. The Balaban J connectivity index is 1.69. The highest BCUT2D eigenvalue weighted by atomic mass is 19.4. The number of aromatic nitrogens is 2. The first kappa shape index (κ1) is 15.5. The van der Waals surface area contributed by atoms with Crippen LogP contribution in [0, 0.1) is 6.92 Å². The standard InChI is InChI=1S/C15H21F3N4/c1-11-10-13(15(16,17)18)20-14(19-11)22-8-4-12(5-9-22)21-6-2-3-7-21/h10,12H,2-9H2,1H3. The number of halogens is 3. The van der Waals surface area contributed by atoms with Crippen LogP contribution in [0.25, 0.3) is 0 Å². The van der Waals surface area contributed by atoms with Crippen LogP contribution in [0.15, 0.2) is 6.07 Å². The van der Waals surface area contributed by atoms with Crippen molar-refractivity contribution >= 4 is 5.95 Å². The van der Waals surface area contributed by atoms with Gasteiger partial charge in [0.25, 0.3) is 0 Å². The summed E-state index contributed by atoms with van der Waals surface area (Å²) >= 11 is 0. The molecular formula is C15H21F3N4. The molecule has 0 radical (unpaired) electrons. The zero-order valence-electron chi connectivity index (χ0n) is 12.7. The van der Waals surface area contributed by atoms with E-state index >= 15 is 0 Å². The fraction of sp³-hybridized carbons (Fsp3) is 0.733. The van der Waals surface area contributed by atoms with Crippen LogP contribution in [-0.2, 0) is 6.18 Å². The fourth-order valence-electron chi connectivity index (χ4n) is 3.38. The minimum absolute atomic E-state index is 0.215. The number of likely N-dealkylation sites (tertiary alicyclic amines) is 1. The Morgan fingerprint density at radius 3 is 2.27 bits per heavy atom. The summed E-state index contributed by atoms with van der Waals surface area (Å²) in [5, 5.41) is 0. The lowest BCUT2D eigenvalue weighted by molar-refractivity contribution is -0.141. The number of hydrogen-bond donors (Lipinski definition) is 0. The molecule has 122 valence electrons. The Morgan fingerprint density at radius 2 is 1.68 bits per heavy atom. The van der Waals surface area contributed by atoms with Crippen molar-refractivity contribution in [3.05, 3.63) is 17.5 Å². The molecule has 0 spiro atoms. The van der Waals surface area contributed by atoms with Gasteiger partial charge in [0.05, 0.1) is 0 Å². The van der Waals surface area contributed by atoms with Gasteiger partial charge in [-0.2, -0.15) is 13.2 Å². The first-order valence-electron chi connectivity index (χ1n) is 7.85. The van der Waals surface area contributed by atoms with Gasteiger partial charge in [0.15, 0.2) is 0 Å². The molecule has 0 amide bonds. The summed E-state index contributed by atoms with van der Waals surface area (Å²) in [6.45, 7) is 5.34. The van der Waals surface area contributed by atoms with Gasteiger partial charge < -0.3 is 9.80 Å². The Morgan fingerprint density at radius 1 is 1.05 bits per heavy atom. The smallest absolute Gasteiger partial charge is 0.341 e. The van der Waals surface area contributed by atoms with Gasteiger partial charge in [0.1, 0.15) is 5.69 Å². The SMILES string of the molecule is Cc1cc(C(F)(F)F)nc(N2CCC(N3CCCC3)CC2)n1. The molecule has 3 rings (SSSR count). The lowest BCUT2D eigenvalue weighted by Crippen LogP contribution is -2.44. The van der Waals surface area contributed by atoms with E-state index in [4.69, 9.17) is 0 Å². The Kier molecular flexibility index (Phi) is 4.25. The second kappa shape index (κ2) is 6.02. The molecule has 1 aromatic rings. The quantitative estimate of drug-likeness (QED) is 0.840. The molecular weight excluding hydrogens is 293 g/mol.